The Morgan fingerprint density at radius 3 is 2.54 bits per heavy atom. The molecule has 0 saturated heterocycles. The molecule has 0 aliphatic rings. The van der Waals surface area contributed by atoms with Gasteiger partial charge < -0.3 is 4.84 Å². The number of nitrogens with zero attached hydrogens (tertiary/aromatic N) is 1. The van der Waals surface area contributed by atoms with Crippen LogP contribution in [0.5, 0.6) is 0 Å². The minimum atomic E-state index is -0.459. The molecular formula is C9H10N2O2. The maximum Gasteiger partial charge on any atom is 0.328 e. The number of nitrogens with two attached hydrogens (primary N) is 1. The summed E-state index contributed by atoms with van der Waals surface area (Å²) in [5.41, 5.74) is 1.60. The minimum Gasteiger partial charge on any atom is -0.373 e. The smallest absolute Gasteiger partial charge is 0.328 e. The SMILES string of the molecule is C=Nc1ccc(CC(=O)ON)cc1. The van der Waals surface area contributed by atoms with E-state index in [9.17, 15) is 4.79 Å². The molecule has 0 unspecified atom stereocenters. The first-order chi connectivity index (χ1) is 6.26. The Balaban J connectivity index is 2.69. The molecule has 1 aromatic carbocycles. The second kappa shape index (κ2) is 4.37. The average molecular weight is 178 g/mol. The third-order valence-electron chi connectivity index (χ3n) is 1.60. The highest BCUT2D eigenvalue weighted by molar-refractivity contribution is 5.72. The van der Waals surface area contributed by atoms with E-state index in [0.29, 0.717) is 0 Å². The monoisotopic (exact) mass is 178 g/mol. The van der Waals surface area contributed by atoms with Crippen molar-refractivity contribution in [1.29, 1.82) is 0 Å². The highest BCUT2D eigenvalue weighted by atomic mass is 16.7. The normalized spacial score (nSPS) is 9.31. The van der Waals surface area contributed by atoms with Crippen molar-refractivity contribution >= 4 is 18.4 Å². The first-order valence-electron chi connectivity index (χ1n) is 3.71. The minimum absolute atomic E-state index is 0.175. The molecule has 1 rings (SSSR count). The Hall–Kier alpha value is -1.68. The third-order valence-corrected chi connectivity index (χ3v) is 1.60. The summed E-state index contributed by atoms with van der Waals surface area (Å²) >= 11 is 0. The molecule has 0 fully saturated rings. The van der Waals surface area contributed by atoms with Gasteiger partial charge in [0.15, 0.2) is 0 Å². The van der Waals surface area contributed by atoms with Crippen LogP contribution in [0.2, 0.25) is 0 Å². The number of aliphatic imine (C=N–C) groups is 1. The van der Waals surface area contributed by atoms with Crippen LogP contribution in [0.1, 0.15) is 5.56 Å². The molecule has 0 atom stereocenters. The predicted molar refractivity (Wildman–Crippen MR) is 49.6 cm³/mol. The number of hydrogen-bond donors (Lipinski definition) is 1. The molecule has 2 N–H and O–H groups in total. The van der Waals surface area contributed by atoms with E-state index in [2.05, 4.69) is 16.5 Å². The topological polar surface area (TPSA) is 64.7 Å². The standard InChI is InChI=1S/C9H10N2O2/c1-11-8-4-2-7(3-5-8)6-9(12)13-10/h2-5H,1,6,10H2. The van der Waals surface area contributed by atoms with Crippen molar-refractivity contribution < 1.29 is 9.63 Å². The molecule has 1 aromatic rings. The van der Waals surface area contributed by atoms with Crippen LogP contribution in [-0.2, 0) is 16.1 Å². The summed E-state index contributed by atoms with van der Waals surface area (Å²) in [7, 11) is 0. The van der Waals surface area contributed by atoms with E-state index in [1.54, 1.807) is 24.3 Å². The second-order valence-corrected chi connectivity index (χ2v) is 2.49. The Kier molecular flexibility index (Phi) is 3.16. The van der Waals surface area contributed by atoms with E-state index in [1.807, 2.05) is 0 Å². The Bertz CT molecular complexity index is 306. The summed E-state index contributed by atoms with van der Waals surface area (Å²) < 4.78 is 0. The predicted octanol–water partition coefficient (Wildman–Crippen LogP) is 0.978. The van der Waals surface area contributed by atoms with Crippen molar-refractivity contribution in [2.24, 2.45) is 10.9 Å². The van der Waals surface area contributed by atoms with E-state index >= 15 is 0 Å². The van der Waals surface area contributed by atoms with E-state index in [0.717, 1.165) is 11.3 Å². The molecule has 4 nitrogen and oxygen atoms in total. The average Bonchev–Trinajstić information content (AvgIpc) is 2.19. The fourth-order valence-electron chi connectivity index (χ4n) is 0.928. The van der Waals surface area contributed by atoms with Crippen LogP contribution in [-0.4, -0.2) is 12.7 Å². The molecule has 0 spiro atoms. The molecule has 68 valence electrons. The van der Waals surface area contributed by atoms with Crippen LogP contribution < -0.4 is 5.90 Å². The highest BCUT2D eigenvalue weighted by Gasteiger charge is 2.02. The zero-order valence-electron chi connectivity index (χ0n) is 7.06. The van der Waals surface area contributed by atoms with Gasteiger partial charge in [0.25, 0.3) is 0 Å². The van der Waals surface area contributed by atoms with Crippen LogP contribution >= 0.6 is 0 Å². The first kappa shape index (κ1) is 9.41. The van der Waals surface area contributed by atoms with Crippen LogP contribution in [0.25, 0.3) is 0 Å². The number of hydrogen-bond acceptors (Lipinski definition) is 4. The van der Waals surface area contributed by atoms with Crippen LogP contribution in [0.4, 0.5) is 5.69 Å². The van der Waals surface area contributed by atoms with Gasteiger partial charge in [-0.2, -0.15) is 5.90 Å². The highest BCUT2D eigenvalue weighted by Crippen LogP contribution is 2.12. The molecule has 0 aromatic heterocycles. The summed E-state index contributed by atoms with van der Waals surface area (Å²) in [6.07, 6.45) is 0.175. The van der Waals surface area contributed by atoms with E-state index < -0.39 is 5.97 Å². The Morgan fingerprint density at radius 2 is 2.08 bits per heavy atom. The van der Waals surface area contributed by atoms with Gasteiger partial charge in [0.05, 0.1) is 12.1 Å². The summed E-state index contributed by atoms with van der Waals surface area (Å²) in [6, 6.07) is 7.10. The molecule has 13 heavy (non-hydrogen) atoms. The van der Waals surface area contributed by atoms with E-state index in [-0.39, 0.29) is 6.42 Å². The van der Waals surface area contributed by atoms with Gasteiger partial charge >= 0.3 is 5.97 Å². The summed E-state index contributed by atoms with van der Waals surface area (Å²) in [6.45, 7) is 3.38. The van der Waals surface area contributed by atoms with Gasteiger partial charge in [-0.1, -0.05) is 12.1 Å². The number of carbonyl (C=O) groups excluding carboxylic acids is 1. The molecule has 0 amide bonds. The maximum absolute atomic E-state index is 10.8. The molecule has 4 heteroatoms. The zero-order valence-corrected chi connectivity index (χ0v) is 7.06. The summed E-state index contributed by atoms with van der Waals surface area (Å²) in [5, 5.41) is 0. The molecule has 0 bridgehead atoms. The fourth-order valence-corrected chi connectivity index (χ4v) is 0.928. The van der Waals surface area contributed by atoms with Gasteiger partial charge in [0.2, 0.25) is 0 Å². The van der Waals surface area contributed by atoms with Crippen LogP contribution in [0.15, 0.2) is 29.3 Å². The third kappa shape index (κ3) is 2.68. The molecule has 0 aliphatic carbocycles. The molecule has 0 radical (unpaired) electrons. The Morgan fingerprint density at radius 1 is 1.46 bits per heavy atom. The zero-order chi connectivity index (χ0) is 9.68. The van der Waals surface area contributed by atoms with Crippen molar-refractivity contribution in [2.45, 2.75) is 6.42 Å². The molecule has 0 aliphatic heterocycles. The largest absolute Gasteiger partial charge is 0.373 e. The summed E-state index contributed by atoms with van der Waals surface area (Å²) in [5.74, 6) is 4.24. The van der Waals surface area contributed by atoms with E-state index in [1.165, 1.54) is 0 Å². The fraction of sp³-hybridized carbons (Fsp3) is 0.111. The van der Waals surface area contributed by atoms with Gasteiger partial charge in [-0.15, -0.1) is 0 Å². The van der Waals surface area contributed by atoms with Gasteiger partial charge in [0.1, 0.15) is 0 Å². The molecular weight excluding hydrogens is 168 g/mol. The van der Waals surface area contributed by atoms with Crippen molar-refractivity contribution in [3.8, 4) is 0 Å². The van der Waals surface area contributed by atoms with Gasteiger partial charge in [-0.25, -0.2) is 0 Å². The lowest BCUT2D eigenvalue weighted by atomic mass is 10.1. The Labute approximate surface area is 76.0 Å². The van der Waals surface area contributed by atoms with Crippen molar-refractivity contribution in [3.63, 3.8) is 0 Å². The van der Waals surface area contributed by atoms with E-state index in [4.69, 9.17) is 5.90 Å². The van der Waals surface area contributed by atoms with Crippen molar-refractivity contribution in [1.82, 2.24) is 0 Å². The van der Waals surface area contributed by atoms with Gasteiger partial charge in [-0.3, -0.25) is 9.79 Å². The second-order valence-electron chi connectivity index (χ2n) is 2.49. The summed E-state index contributed by atoms with van der Waals surface area (Å²) in [4.78, 5) is 18.5. The lowest BCUT2D eigenvalue weighted by Crippen LogP contribution is -2.12. The first-order valence-corrected chi connectivity index (χ1v) is 3.71. The maximum atomic E-state index is 10.8. The van der Waals surface area contributed by atoms with Crippen LogP contribution in [0.3, 0.4) is 0 Å². The quantitative estimate of drug-likeness (QED) is 0.554. The van der Waals surface area contributed by atoms with Gasteiger partial charge in [-0.05, 0) is 24.4 Å². The van der Waals surface area contributed by atoms with Crippen LogP contribution in [0, 0.1) is 0 Å². The number of benzene rings is 1. The molecule has 0 heterocycles. The lowest BCUT2D eigenvalue weighted by molar-refractivity contribution is -0.143. The van der Waals surface area contributed by atoms with Crippen molar-refractivity contribution in [3.05, 3.63) is 29.8 Å². The number of carbonyl (C=O) groups is 1. The molecule has 0 saturated carbocycles. The number of rotatable bonds is 3. The lowest BCUT2D eigenvalue weighted by Gasteiger charge is -1.98. The van der Waals surface area contributed by atoms with Crippen molar-refractivity contribution in [2.75, 3.05) is 0 Å². The van der Waals surface area contributed by atoms with Gasteiger partial charge in [0, 0.05) is 0 Å².